The van der Waals surface area contributed by atoms with Crippen molar-refractivity contribution >= 4 is 52.4 Å². The predicted molar refractivity (Wildman–Crippen MR) is 173 cm³/mol. The van der Waals surface area contributed by atoms with Gasteiger partial charge in [0.2, 0.25) is 5.91 Å². The molecule has 4 aromatic rings. The number of aromatic nitrogens is 2. The number of carbonyl (C=O) groups is 3. The highest BCUT2D eigenvalue weighted by Gasteiger charge is 2.21. The Kier molecular flexibility index (Phi) is 9.82. The number of nitrogens with one attached hydrogen (secondary N) is 2. The molecule has 0 spiro atoms. The summed E-state index contributed by atoms with van der Waals surface area (Å²) in [6, 6.07) is 15.6. The molecule has 2 aromatic heterocycles. The number of rotatable bonds is 8. The zero-order chi connectivity index (χ0) is 32.1. The first kappa shape index (κ1) is 31.7. The van der Waals surface area contributed by atoms with Crippen LogP contribution in [-0.4, -0.2) is 74.9 Å². The Balaban J connectivity index is 1.27. The van der Waals surface area contributed by atoms with Gasteiger partial charge in [0.25, 0.3) is 17.4 Å². The van der Waals surface area contributed by atoms with Gasteiger partial charge in [-0.1, -0.05) is 35.3 Å². The number of piperazine rings is 1. The molecule has 3 heterocycles. The van der Waals surface area contributed by atoms with Crippen LogP contribution in [0.3, 0.4) is 0 Å². The van der Waals surface area contributed by atoms with E-state index in [1.807, 2.05) is 4.90 Å². The molecule has 11 nitrogen and oxygen atoms in total. The second-order valence-electron chi connectivity index (χ2n) is 10.5. The van der Waals surface area contributed by atoms with Crippen molar-refractivity contribution in [1.29, 1.82) is 0 Å². The lowest BCUT2D eigenvalue weighted by Gasteiger charge is -2.34. The highest BCUT2D eigenvalue weighted by atomic mass is 35.5. The summed E-state index contributed by atoms with van der Waals surface area (Å²) in [5.74, 6) is -1.36. The van der Waals surface area contributed by atoms with Crippen LogP contribution in [0.5, 0.6) is 5.75 Å². The number of hydrogen-bond donors (Lipinski definition) is 3. The minimum Gasteiger partial charge on any atom is -0.506 e. The van der Waals surface area contributed by atoms with Gasteiger partial charge in [0.05, 0.1) is 16.3 Å². The molecule has 0 aliphatic carbocycles. The molecule has 2 aromatic carbocycles. The summed E-state index contributed by atoms with van der Waals surface area (Å²) in [4.78, 5) is 59.1. The van der Waals surface area contributed by atoms with Gasteiger partial charge in [-0.15, -0.1) is 0 Å². The second kappa shape index (κ2) is 13.9. The van der Waals surface area contributed by atoms with E-state index in [4.69, 9.17) is 23.2 Å². The summed E-state index contributed by atoms with van der Waals surface area (Å²) in [7, 11) is 0. The average Bonchev–Trinajstić information content (AvgIpc) is 3.03. The second-order valence-corrected chi connectivity index (χ2v) is 11.3. The van der Waals surface area contributed by atoms with E-state index < -0.39 is 17.6 Å². The highest BCUT2D eigenvalue weighted by Crippen LogP contribution is 2.33. The summed E-state index contributed by atoms with van der Waals surface area (Å²) < 4.78 is 1.66. The third-order valence-electron chi connectivity index (χ3n) is 7.49. The summed E-state index contributed by atoms with van der Waals surface area (Å²) in [5, 5.41) is 16.2. The molecule has 3 amide bonds. The van der Waals surface area contributed by atoms with E-state index in [0.29, 0.717) is 42.3 Å². The quantitative estimate of drug-likeness (QED) is 0.238. The lowest BCUT2D eigenvalue weighted by Crippen LogP contribution is -2.48. The Morgan fingerprint density at radius 1 is 0.889 bits per heavy atom. The van der Waals surface area contributed by atoms with Crippen molar-refractivity contribution in [1.82, 2.24) is 19.4 Å². The lowest BCUT2D eigenvalue weighted by atomic mass is 10.0. The number of carbonyl (C=O) groups excluding carboxylic acids is 3. The molecule has 45 heavy (non-hydrogen) atoms. The van der Waals surface area contributed by atoms with E-state index >= 15 is 0 Å². The van der Waals surface area contributed by atoms with Gasteiger partial charge in [0.1, 0.15) is 11.6 Å². The van der Waals surface area contributed by atoms with Gasteiger partial charge in [0, 0.05) is 80.8 Å². The van der Waals surface area contributed by atoms with Crippen molar-refractivity contribution in [3.63, 3.8) is 0 Å². The van der Waals surface area contributed by atoms with Crippen LogP contribution in [0.4, 0.5) is 11.5 Å². The van der Waals surface area contributed by atoms with Crippen molar-refractivity contribution in [2.75, 3.05) is 43.4 Å². The molecule has 0 unspecified atom stereocenters. The number of aromatic hydroxyl groups is 1. The molecule has 1 aliphatic rings. The standard InChI is InChI=1S/C32H30Cl2N6O5/c1-20(41)39-14-11-38(12-15-39)13-16-40-10-2-3-25(32(40)45)21-4-6-22(7-5-21)30(43)37-29-26(17-24(34)18-27(29)42)31(44)36-28-9-8-23(33)19-35-28/h2-10,17-19,42H,11-16H2,1H3,(H,37,43)(H,35,36,44). The number of halogens is 2. The summed E-state index contributed by atoms with van der Waals surface area (Å²) in [5.41, 5.74) is 0.983. The molecular formula is C32H30Cl2N6O5. The highest BCUT2D eigenvalue weighted by molar-refractivity contribution is 6.32. The number of phenolic OH excluding ortho intramolecular Hbond substituents is 1. The molecule has 1 saturated heterocycles. The number of phenols is 1. The van der Waals surface area contributed by atoms with E-state index in [1.165, 1.54) is 24.4 Å². The fraction of sp³-hybridized carbons (Fsp3) is 0.219. The van der Waals surface area contributed by atoms with Gasteiger partial charge in [-0.05, 0) is 48.0 Å². The van der Waals surface area contributed by atoms with Gasteiger partial charge in [0.15, 0.2) is 0 Å². The van der Waals surface area contributed by atoms with Crippen LogP contribution in [0, 0.1) is 0 Å². The molecular weight excluding hydrogens is 619 g/mol. The minimum absolute atomic E-state index is 0.0744. The average molecular weight is 650 g/mol. The Morgan fingerprint density at radius 3 is 2.29 bits per heavy atom. The molecule has 1 aliphatic heterocycles. The van der Waals surface area contributed by atoms with E-state index in [2.05, 4.69) is 20.5 Å². The Morgan fingerprint density at radius 2 is 1.62 bits per heavy atom. The van der Waals surface area contributed by atoms with E-state index in [9.17, 15) is 24.3 Å². The predicted octanol–water partition coefficient (Wildman–Crippen LogP) is 4.59. The fourth-order valence-corrected chi connectivity index (χ4v) is 5.32. The van der Waals surface area contributed by atoms with Crippen molar-refractivity contribution in [2.45, 2.75) is 13.5 Å². The molecule has 232 valence electrons. The first-order valence-electron chi connectivity index (χ1n) is 14.1. The van der Waals surface area contributed by atoms with Gasteiger partial charge in [-0.3, -0.25) is 24.1 Å². The molecule has 0 bridgehead atoms. The van der Waals surface area contributed by atoms with Crippen molar-refractivity contribution in [3.8, 4) is 16.9 Å². The topological polar surface area (TPSA) is 137 Å². The smallest absolute Gasteiger partial charge is 0.259 e. The molecule has 0 saturated carbocycles. The molecule has 13 heteroatoms. The Bertz CT molecular complexity index is 1790. The zero-order valence-electron chi connectivity index (χ0n) is 24.3. The number of hydrogen-bond acceptors (Lipinski definition) is 7. The molecule has 1 fully saturated rings. The number of pyridine rings is 2. The largest absolute Gasteiger partial charge is 0.506 e. The summed E-state index contributed by atoms with van der Waals surface area (Å²) in [6.45, 7) is 5.63. The third kappa shape index (κ3) is 7.69. The van der Waals surface area contributed by atoms with E-state index in [-0.39, 0.29) is 39.1 Å². The minimum atomic E-state index is -0.660. The third-order valence-corrected chi connectivity index (χ3v) is 7.93. The van der Waals surface area contributed by atoms with Gasteiger partial charge in [-0.25, -0.2) is 4.98 Å². The van der Waals surface area contributed by atoms with Crippen LogP contribution in [0.25, 0.3) is 11.1 Å². The first-order valence-corrected chi connectivity index (χ1v) is 14.9. The SMILES string of the molecule is CC(=O)N1CCN(CCn2cccc(-c3ccc(C(=O)Nc4c(O)cc(Cl)cc4C(=O)Nc4ccc(Cl)cn4)cc3)c2=O)CC1. The Labute approximate surface area is 269 Å². The maximum Gasteiger partial charge on any atom is 0.259 e. The van der Waals surface area contributed by atoms with E-state index in [1.54, 1.807) is 60.2 Å². The molecule has 5 rings (SSSR count). The zero-order valence-corrected chi connectivity index (χ0v) is 25.8. The van der Waals surface area contributed by atoms with Gasteiger partial charge < -0.3 is 25.2 Å². The van der Waals surface area contributed by atoms with Crippen LogP contribution in [0.2, 0.25) is 10.0 Å². The molecule has 0 atom stereocenters. The maximum atomic E-state index is 13.3. The van der Waals surface area contributed by atoms with Crippen LogP contribution in [-0.2, 0) is 11.3 Å². The van der Waals surface area contributed by atoms with Crippen molar-refractivity contribution in [2.24, 2.45) is 0 Å². The van der Waals surface area contributed by atoms with E-state index in [0.717, 1.165) is 13.1 Å². The van der Waals surface area contributed by atoms with Crippen molar-refractivity contribution in [3.05, 3.63) is 105 Å². The van der Waals surface area contributed by atoms with Crippen LogP contribution in [0.1, 0.15) is 27.6 Å². The normalized spacial score (nSPS) is 13.4. The fourth-order valence-electron chi connectivity index (χ4n) is 4.99. The number of nitrogens with zero attached hydrogens (tertiary/aromatic N) is 4. The van der Waals surface area contributed by atoms with Gasteiger partial charge >= 0.3 is 0 Å². The lowest BCUT2D eigenvalue weighted by molar-refractivity contribution is -0.130. The Hall–Kier alpha value is -4.71. The molecule has 3 N–H and O–H groups in total. The van der Waals surface area contributed by atoms with Crippen LogP contribution < -0.4 is 16.2 Å². The van der Waals surface area contributed by atoms with Crippen molar-refractivity contribution < 1.29 is 19.5 Å². The summed E-state index contributed by atoms with van der Waals surface area (Å²) in [6.07, 6.45) is 3.11. The molecule has 0 radical (unpaired) electrons. The first-order chi connectivity index (χ1) is 21.6. The maximum absolute atomic E-state index is 13.3. The number of amides is 3. The van der Waals surface area contributed by atoms with Crippen LogP contribution >= 0.6 is 23.2 Å². The number of benzene rings is 2. The van der Waals surface area contributed by atoms with Gasteiger partial charge in [-0.2, -0.15) is 0 Å². The summed E-state index contributed by atoms with van der Waals surface area (Å²) >= 11 is 11.9. The van der Waals surface area contributed by atoms with Crippen LogP contribution in [0.15, 0.2) is 77.9 Å². The monoisotopic (exact) mass is 648 g/mol. The number of anilines is 2.